The van der Waals surface area contributed by atoms with Gasteiger partial charge in [-0.05, 0) is 48.3 Å². The van der Waals surface area contributed by atoms with Gasteiger partial charge < -0.3 is 9.74 Å². The summed E-state index contributed by atoms with van der Waals surface area (Å²) in [5.41, 5.74) is 3.21. The summed E-state index contributed by atoms with van der Waals surface area (Å²) in [7, 11) is -1.90. The molecule has 1 saturated heterocycles. The van der Waals surface area contributed by atoms with Crippen molar-refractivity contribution < 1.29 is 9.22 Å². The molecule has 1 N–H and O–H groups in total. The smallest absolute Gasteiger partial charge is 0.250 e. The zero-order chi connectivity index (χ0) is 21.9. The third kappa shape index (κ3) is 5.20. The molecule has 0 saturated carbocycles. The average Bonchev–Trinajstić information content (AvgIpc) is 2.68. The first-order valence-electron chi connectivity index (χ1n) is 10.9. The first kappa shape index (κ1) is 22.7. The fourth-order valence-corrected chi connectivity index (χ4v) is 4.67. The van der Waals surface area contributed by atoms with E-state index in [4.69, 9.17) is 4.43 Å². The Hall–Kier alpha value is -1.95. The molecular formula is C25H36N2O2Si. The molecule has 0 spiro atoms. The van der Waals surface area contributed by atoms with E-state index in [1.165, 1.54) is 11.1 Å². The maximum Gasteiger partial charge on any atom is 0.250 e. The Labute approximate surface area is 182 Å². The number of hydrogen-bond acceptors (Lipinski definition) is 4. The molecule has 3 rings (SSSR count). The van der Waals surface area contributed by atoms with Crippen molar-refractivity contribution in [3.63, 3.8) is 0 Å². The summed E-state index contributed by atoms with van der Waals surface area (Å²) in [5, 5.41) is 3.61. The molecule has 1 atom stereocenters. The number of hydrogen-bond donors (Lipinski definition) is 1. The summed E-state index contributed by atoms with van der Waals surface area (Å²) in [6.07, 6.45) is 0. The van der Waals surface area contributed by atoms with Crippen molar-refractivity contribution >= 4 is 14.1 Å². The second-order valence-corrected chi connectivity index (χ2v) is 14.5. The van der Waals surface area contributed by atoms with Gasteiger partial charge in [-0.2, -0.15) is 0 Å². The summed E-state index contributed by atoms with van der Waals surface area (Å²) < 4.78 is 6.59. The summed E-state index contributed by atoms with van der Waals surface area (Å²) >= 11 is 0. The molecule has 0 aromatic heterocycles. The monoisotopic (exact) mass is 424 g/mol. The molecule has 4 nitrogen and oxygen atoms in total. The van der Waals surface area contributed by atoms with Crippen LogP contribution in [0.2, 0.25) is 18.1 Å². The van der Waals surface area contributed by atoms with Crippen LogP contribution in [-0.4, -0.2) is 45.2 Å². The number of ketones is 1. The molecule has 0 bridgehead atoms. The van der Waals surface area contributed by atoms with Crippen molar-refractivity contribution in [2.45, 2.75) is 51.9 Å². The van der Waals surface area contributed by atoms with Crippen LogP contribution in [0, 0.1) is 0 Å². The summed E-state index contributed by atoms with van der Waals surface area (Å²) in [4.78, 5) is 14.2. The zero-order valence-corrected chi connectivity index (χ0v) is 20.3. The van der Waals surface area contributed by atoms with E-state index in [-0.39, 0.29) is 16.9 Å². The van der Waals surface area contributed by atoms with Gasteiger partial charge in [0.25, 0.3) is 0 Å². The molecule has 1 fully saturated rings. The van der Waals surface area contributed by atoms with E-state index in [0.29, 0.717) is 0 Å². The van der Waals surface area contributed by atoms with Crippen molar-refractivity contribution in [1.29, 1.82) is 0 Å². The zero-order valence-electron chi connectivity index (χ0n) is 19.3. The Kier molecular flexibility index (Phi) is 6.85. The van der Waals surface area contributed by atoms with E-state index in [2.05, 4.69) is 80.5 Å². The van der Waals surface area contributed by atoms with Crippen LogP contribution in [0.3, 0.4) is 0 Å². The SMILES string of the molecule is CC(=O)c1ccc(C(c2cccc(O[Si](C)(C)C(C)(C)C)c2)N2CCNCC2)cc1. The standard InChI is InChI=1S/C25H36N2O2Si/c1-19(28)20-10-12-21(13-11-20)24(27-16-14-26-15-17-27)22-8-7-9-23(18-22)29-30(5,6)25(2,3)4/h7-13,18,24,26H,14-17H2,1-6H3. The maximum atomic E-state index is 11.7. The van der Waals surface area contributed by atoms with Crippen molar-refractivity contribution in [2.24, 2.45) is 0 Å². The summed E-state index contributed by atoms with van der Waals surface area (Å²) in [6, 6.07) is 16.8. The van der Waals surface area contributed by atoms with Gasteiger partial charge in [0.1, 0.15) is 5.75 Å². The number of Topliss-reactive ketones (excluding diaryl/α,β-unsaturated/α-hetero) is 1. The Morgan fingerprint density at radius 3 is 2.23 bits per heavy atom. The van der Waals surface area contributed by atoms with Gasteiger partial charge in [-0.25, -0.2) is 0 Å². The number of carbonyl (C=O) groups excluding carboxylic acids is 1. The van der Waals surface area contributed by atoms with Crippen LogP contribution in [0.5, 0.6) is 5.75 Å². The minimum absolute atomic E-state index is 0.102. The lowest BCUT2D eigenvalue weighted by atomic mass is 9.95. The molecule has 2 aromatic carbocycles. The van der Waals surface area contributed by atoms with E-state index >= 15 is 0 Å². The molecule has 0 aliphatic carbocycles. The highest BCUT2D eigenvalue weighted by Gasteiger charge is 2.39. The molecule has 30 heavy (non-hydrogen) atoms. The van der Waals surface area contributed by atoms with Gasteiger partial charge in [-0.3, -0.25) is 9.69 Å². The van der Waals surface area contributed by atoms with Gasteiger partial charge in [0.15, 0.2) is 5.78 Å². The van der Waals surface area contributed by atoms with Crippen molar-refractivity contribution in [1.82, 2.24) is 10.2 Å². The molecule has 0 radical (unpaired) electrons. The number of carbonyl (C=O) groups is 1. The Bertz CT molecular complexity index is 865. The summed E-state index contributed by atoms with van der Waals surface area (Å²) in [5.74, 6) is 1.06. The van der Waals surface area contributed by atoms with E-state index in [1.807, 2.05) is 12.1 Å². The normalized spacial score (nSPS) is 16.9. The third-order valence-electron chi connectivity index (χ3n) is 6.50. The van der Waals surface area contributed by atoms with Gasteiger partial charge >= 0.3 is 0 Å². The average molecular weight is 425 g/mol. The van der Waals surface area contributed by atoms with Crippen LogP contribution in [0.4, 0.5) is 0 Å². The van der Waals surface area contributed by atoms with Gasteiger partial charge in [0, 0.05) is 31.7 Å². The van der Waals surface area contributed by atoms with Crippen LogP contribution in [0.15, 0.2) is 48.5 Å². The Morgan fingerprint density at radius 2 is 1.67 bits per heavy atom. The lowest BCUT2D eigenvalue weighted by Crippen LogP contribution is -2.45. The second kappa shape index (κ2) is 9.04. The predicted octanol–water partition coefficient (Wildman–Crippen LogP) is 5.27. The van der Waals surface area contributed by atoms with Crippen LogP contribution < -0.4 is 9.74 Å². The number of nitrogens with zero attached hydrogens (tertiary/aromatic N) is 1. The van der Waals surface area contributed by atoms with E-state index in [1.54, 1.807) is 6.92 Å². The van der Waals surface area contributed by atoms with Crippen LogP contribution >= 0.6 is 0 Å². The quantitative estimate of drug-likeness (QED) is 0.507. The van der Waals surface area contributed by atoms with Crippen molar-refractivity contribution in [2.75, 3.05) is 26.2 Å². The number of rotatable bonds is 6. The third-order valence-corrected chi connectivity index (χ3v) is 10.9. The highest BCUT2D eigenvalue weighted by Crippen LogP contribution is 2.38. The molecule has 1 aliphatic rings. The van der Waals surface area contributed by atoms with E-state index < -0.39 is 8.32 Å². The van der Waals surface area contributed by atoms with Crippen molar-refractivity contribution in [3.05, 3.63) is 65.2 Å². The first-order chi connectivity index (χ1) is 14.1. The molecule has 1 heterocycles. The van der Waals surface area contributed by atoms with Crippen molar-refractivity contribution in [3.8, 4) is 5.75 Å². The van der Waals surface area contributed by atoms with Gasteiger partial charge in [-0.15, -0.1) is 0 Å². The molecule has 1 aliphatic heterocycles. The lowest BCUT2D eigenvalue weighted by molar-refractivity contribution is 0.101. The topological polar surface area (TPSA) is 41.6 Å². The molecule has 5 heteroatoms. The highest BCUT2D eigenvalue weighted by molar-refractivity contribution is 6.74. The van der Waals surface area contributed by atoms with E-state index in [9.17, 15) is 4.79 Å². The minimum atomic E-state index is -1.90. The number of nitrogens with one attached hydrogen (secondary N) is 1. The minimum Gasteiger partial charge on any atom is -0.543 e. The van der Waals surface area contributed by atoms with Crippen LogP contribution in [0.25, 0.3) is 0 Å². The lowest BCUT2D eigenvalue weighted by Gasteiger charge is -2.38. The van der Waals surface area contributed by atoms with E-state index in [0.717, 1.165) is 37.5 Å². The molecule has 2 aromatic rings. The fraction of sp³-hybridized carbons (Fsp3) is 0.480. The van der Waals surface area contributed by atoms with Gasteiger partial charge in [0.2, 0.25) is 8.32 Å². The molecule has 1 unspecified atom stereocenters. The fourth-order valence-electron chi connectivity index (χ4n) is 3.65. The predicted molar refractivity (Wildman–Crippen MR) is 127 cm³/mol. The first-order valence-corrected chi connectivity index (χ1v) is 13.8. The van der Waals surface area contributed by atoms with Crippen LogP contribution in [-0.2, 0) is 0 Å². The molecule has 162 valence electrons. The van der Waals surface area contributed by atoms with Gasteiger partial charge in [0.05, 0.1) is 6.04 Å². The Balaban J connectivity index is 1.96. The second-order valence-electron chi connectivity index (χ2n) is 9.80. The largest absolute Gasteiger partial charge is 0.543 e. The molecular weight excluding hydrogens is 388 g/mol. The highest BCUT2D eigenvalue weighted by atomic mass is 28.4. The maximum absolute atomic E-state index is 11.7. The number of benzene rings is 2. The molecule has 0 amide bonds. The van der Waals surface area contributed by atoms with Gasteiger partial charge in [-0.1, -0.05) is 57.2 Å². The Morgan fingerprint density at radius 1 is 1.03 bits per heavy atom. The van der Waals surface area contributed by atoms with Crippen LogP contribution in [0.1, 0.15) is 55.2 Å². The summed E-state index contributed by atoms with van der Waals surface area (Å²) in [6.45, 7) is 16.9. The number of piperazine rings is 1.